The van der Waals surface area contributed by atoms with Crippen LogP contribution < -0.4 is 10.2 Å². The highest BCUT2D eigenvalue weighted by atomic mass is 16.1. The van der Waals surface area contributed by atoms with Crippen molar-refractivity contribution in [2.75, 3.05) is 23.3 Å². The Kier molecular flexibility index (Phi) is 6.09. The van der Waals surface area contributed by atoms with Crippen molar-refractivity contribution in [2.24, 2.45) is 0 Å². The van der Waals surface area contributed by atoms with Crippen LogP contribution in [-0.4, -0.2) is 29.0 Å². The molecule has 122 valence electrons. The van der Waals surface area contributed by atoms with Gasteiger partial charge in [0.1, 0.15) is 11.5 Å². The minimum atomic E-state index is -0.243. The number of aromatic nitrogens is 2. The number of carbonyl (C=O) groups excluding carboxylic acids is 1. The second-order valence-corrected chi connectivity index (χ2v) is 5.57. The Morgan fingerprint density at radius 1 is 1.13 bits per heavy atom. The number of aryl methyl sites for hydroxylation is 1. The fourth-order valence-electron chi connectivity index (χ4n) is 2.40. The lowest BCUT2D eigenvalue weighted by molar-refractivity contribution is 0.102. The van der Waals surface area contributed by atoms with Gasteiger partial charge in [-0.25, -0.2) is 9.97 Å². The van der Waals surface area contributed by atoms with Crippen molar-refractivity contribution in [1.29, 1.82) is 0 Å². The summed E-state index contributed by atoms with van der Waals surface area (Å²) in [5.41, 5.74) is 2.18. The number of benzene rings is 1. The lowest BCUT2D eigenvalue weighted by Gasteiger charge is -2.22. The number of rotatable bonds is 7. The molecule has 0 atom stereocenters. The molecule has 0 saturated heterocycles. The van der Waals surface area contributed by atoms with Crippen LogP contribution in [0.25, 0.3) is 0 Å². The van der Waals surface area contributed by atoms with Gasteiger partial charge in [-0.05, 0) is 37.5 Å². The Morgan fingerprint density at radius 3 is 2.43 bits per heavy atom. The lowest BCUT2D eigenvalue weighted by atomic mass is 10.2. The molecule has 5 heteroatoms. The summed E-state index contributed by atoms with van der Waals surface area (Å²) in [7, 11) is 0. The van der Waals surface area contributed by atoms with Crippen molar-refractivity contribution in [3.05, 3.63) is 47.9 Å². The van der Waals surface area contributed by atoms with E-state index in [1.165, 1.54) is 0 Å². The molecular weight excluding hydrogens is 288 g/mol. The predicted molar refractivity (Wildman–Crippen MR) is 94.0 cm³/mol. The van der Waals surface area contributed by atoms with Gasteiger partial charge in [0.05, 0.1) is 12.4 Å². The van der Waals surface area contributed by atoms with E-state index in [4.69, 9.17) is 0 Å². The smallest absolute Gasteiger partial charge is 0.275 e. The summed E-state index contributed by atoms with van der Waals surface area (Å²) < 4.78 is 0. The minimum Gasteiger partial charge on any atom is -0.355 e. The average Bonchev–Trinajstić information content (AvgIpc) is 2.55. The first-order valence-corrected chi connectivity index (χ1v) is 8.09. The third kappa shape index (κ3) is 4.77. The third-order valence-electron chi connectivity index (χ3n) is 3.46. The molecule has 0 fully saturated rings. The molecule has 1 heterocycles. The van der Waals surface area contributed by atoms with E-state index in [9.17, 15) is 4.79 Å². The maximum absolute atomic E-state index is 12.2. The molecule has 1 amide bonds. The molecule has 23 heavy (non-hydrogen) atoms. The summed E-state index contributed by atoms with van der Waals surface area (Å²) in [6.45, 7) is 8.15. The van der Waals surface area contributed by atoms with E-state index in [0.29, 0.717) is 5.69 Å². The number of carbonyl (C=O) groups is 1. The molecule has 0 bridgehead atoms. The van der Waals surface area contributed by atoms with Gasteiger partial charge in [0.25, 0.3) is 5.91 Å². The maximum atomic E-state index is 12.2. The number of nitrogens with zero attached hydrogens (tertiary/aromatic N) is 3. The van der Waals surface area contributed by atoms with Gasteiger partial charge in [-0.1, -0.05) is 26.0 Å². The minimum absolute atomic E-state index is 0.243. The van der Waals surface area contributed by atoms with Crippen LogP contribution in [0, 0.1) is 6.92 Å². The van der Waals surface area contributed by atoms with Crippen molar-refractivity contribution in [1.82, 2.24) is 9.97 Å². The molecule has 5 nitrogen and oxygen atoms in total. The second-order valence-electron chi connectivity index (χ2n) is 5.57. The summed E-state index contributed by atoms with van der Waals surface area (Å²) in [5.74, 6) is 0.577. The first kappa shape index (κ1) is 16.9. The van der Waals surface area contributed by atoms with E-state index in [2.05, 4.69) is 34.0 Å². The molecule has 1 aromatic heterocycles. The van der Waals surface area contributed by atoms with Gasteiger partial charge in [0, 0.05) is 18.8 Å². The highest BCUT2D eigenvalue weighted by Crippen LogP contribution is 2.13. The summed E-state index contributed by atoms with van der Waals surface area (Å²) in [4.78, 5) is 23.1. The summed E-state index contributed by atoms with van der Waals surface area (Å²) >= 11 is 0. The van der Waals surface area contributed by atoms with Gasteiger partial charge in [-0.2, -0.15) is 0 Å². The molecule has 0 radical (unpaired) electrons. The molecule has 0 unspecified atom stereocenters. The van der Waals surface area contributed by atoms with Gasteiger partial charge >= 0.3 is 0 Å². The monoisotopic (exact) mass is 312 g/mol. The summed E-state index contributed by atoms with van der Waals surface area (Å²) in [5, 5.41) is 2.84. The molecule has 2 aromatic rings. The Balaban J connectivity index is 2.07. The van der Waals surface area contributed by atoms with Crippen LogP contribution in [0.3, 0.4) is 0 Å². The van der Waals surface area contributed by atoms with Crippen LogP contribution in [-0.2, 0) is 0 Å². The van der Waals surface area contributed by atoms with E-state index in [1.807, 2.05) is 31.2 Å². The number of amides is 1. The zero-order chi connectivity index (χ0) is 16.7. The van der Waals surface area contributed by atoms with E-state index in [0.717, 1.165) is 43.0 Å². The summed E-state index contributed by atoms with van der Waals surface area (Å²) in [6, 6.07) is 7.67. The van der Waals surface area contributed by atoms with Crippen molar-refractivity contribution in [3.8, 4) is 0 Å². The third-order valence-corrected chi connectivity index (χ3v) is 3.46. The SMILES string of the molecule is CCCN(CCC)c1cnc(C(=O)Nc2cccc(C)c2)cn1. The molecule has 0 aliphatic rings. The van der Waals surface area contributed by atoms with E-state index < -0.39 is 0 Å². The molecule has 0 aliphatic carbocycles. The van der Waals surface area contributed by atoms with E-state index in [-0.39, 0.29) is 5.91 Å². The summed E-state index contributed by atoms with van der Waals surface area (Å²) in [6.07, 6.45) is 5.32. The number of anilines is 2. The Morgan fingerprint density at radius 2 is 1.87 bits per heavy atom. The number of hydrogen-bond acceptors (Lipinski definition) is 4. The van der Waals surface area contributed by atoms with Crippen molar-refractivity contribution < 1.29 is 4.79 Å². The standard InChI is InChI=1S/C18H24N4O/c1-4-9-22(10-5-2)17-13-19-16(12-20-17)18(23)21-15-8-6-7-14(3)11-15/h6-8,11-13H,4-5,9-10H2,1-3H3,(H,21,23). The molecule has 1 aromatic carbocycles. The second kappa shape index (κ2) is 8.27. The first-order valence-electron chi connectivity index (χ1n) is 8.09. The average molecular weight is 312 g/mol. The van der Waals surface area contributed by atoms with Gasteiger partial charge in [-0.3, -0.25) is 4.79 Å². The number of nitrogens with one attached hydrogen (secondary N) is 1. The highest BCUT2D eigenvalue weighted by Gasteiger charge is 2.11. The predicted octanol–water partition coefficient (Wildman–Crippen LogP) is 3.66. The van der Waals surface area contributed by atoms with Crippen molar-refractivity contribution in [2.45, 2.75) is 33.6 Å². The first-order chi connectivity index (χ1) is 11.1. The molecule has 0 spiro atoms. The molecule has 2 rings (SSSR count). The van der Waals surface area contributed by atoms with Gasteiger partial charge in [0.2, 0.25) is 0 Å². The molecular formula is C18H24N4O. The fourth-order valence-corrected chi connectivity index (χ4v) is 2.40. The van der Waals surface area contributed by atoms with Crippen molar-refractivity contribution in [3.63, 3.8) is 0 Å². The molecule has 0 saturated carbocycles. The fraction of sp³-hybridized carbons (Fsp3) is 0.389. The van der Waals surface area contributed by atoms with Crippen LogP contribution >= 0.6 is 0 Å². The Labute approximate surface area is 137 Å². The lowest BCUT2D eigenvalue weighted by Crippen LogP contribution is -2.26. The van der Waals surface area contributed by atoms with Crippen molar-refractivity contribution >= 4 is 17.4 Å². The van der Waals surface area contributed by atoms with E-state index in [1.54, 1.807) is 12.4 Å². The molecule has 1 N–H and O–H groups in total. The van der Waals surface area contributed by atoms with Crippen LogP contribution in [0.4, 0.5) is 11.5 Å². The van der Waals surface area contributed by atoms with Gasteiger partial charge < -0.3 is 10.2 Å². The van der Waals surface area contributed by atoms with Crippen LogP contribution in [0.5, 0.6) is 0 Å². The maximum Gasteiger partial charge on any atom is 0.275 e. The van der Waals surface area contributed by atoms with E-state index >= 15 is 0 Å². The normalized spacial score (nSPS) is 10.4. The zero-order valence-electron chi connectivity index (χ0n) is 14.0. The largest absolute Gasteiger partial charge is 0.355 e. The van der Waals surface area contributed by atoms with Gasteiger partial charge in [0.15, 0.2) is 0 Å². The van der Waals surface area contributed by atoms with Crippen LogP contribution in [0.2, 0.25) is 0 Å². The molecule has 0 aliphatic heterocycles. The Hall–Kier alpha value is -2.43. The quantitative estimate of drug-likeness (QED) is 0.847. The number of hydrogen-bond donors (Lipinski definition) is 1. The Bertz CT molecular complexity index is 634. The van der Waals surface area contributed by atoms with Crippen LogP contribution in [0.15, 0.2) is 36.7 Å². The van der Waals surface area contributed by atoms with Gasteiger partial charge in [-0.15, -0.1) is 0 Å². The highest BCUT2D eigenvalue weighted by molar-refractivity contribution is 6.02. The zero-order valence-corrected chi connectivity index (χ0v) is 14.0. The topological polar surface area (TPSA) is 58.1 Å². The van der Waals surface area contributed by atoms with Crippen LogP contribution in [0.1, 0.15) is 42.7 Å².